The molecule has 21 heavy (non-hydrogen) atoms. The minimum absolute atomic E-state index is 0.261. The summed E-state index contributed by atoms with van der Waals surface area (Å²) in [6.45, 7) is 3.12. The maximum atomic E-state index is 12.3. The van der Waals surface area contributed by atoms with Gasteiger partial charge in [0.15, 0.2) is 0 Å². The zero-order chi connectivity index (χ0) is 14.7. The normalized spacial score (nSPS) is 13.7. The fourth-order valence-corrected chi connectivity index (χ4v) is 2.71. The third kappa shape index (κ3) is 3.07. The van der Waals surface area contributed by atoms with Crippen LogP contribution in [0.3, 0.4) is 0 Å². The highest BCUT2D eigenvalue weighted by Crippen LogP contribution is 2.28. The number of ether oxygens (including phenoxy) is 1. The van der Waals surface area contributed by atoms with Crippen LogP contribution in [0.1, 0.15) is 23.1 Å². The van der Waals surface area contributed by atoms with Crippen LogP contribution in [0.5, 0.6) is 0 Å². The average Bonchev–Trinajstić information content (AvgIpc) is 2.52. The van der Waals surface area contributed by atoms with Crippen LogP contribution in [0.2, 0.25) is 0 Å². The number of benzene rings is 2. The molecule has 2 aromatic carbocycles. The zero-order valence-corrected chi connectivity index (χ0v) is 12.2. The van der Waals surface area contributed by atoms with Crippen molar-refractivity contribution in [3.63, 3.8) is 0 Å². The molecule has 1 aliphatic rings. The minimum atomic E-state index is -0.261. The second-order valence-corrected chi connectivity index (χ2v) is 5.43. The highest BCUT2D eigenvalue weighted by molar-refractivity contribution is 5.89. The molecule has 0 aliphatic carbocycles. The van der Waals surface area contributed by atoms with Crippen molar-refractivity contribution in [3.05, 3.63) is 65.2 Å². The van der Waals surface area contributed by atoms with Crippen LogP contribution < -0.4 is 4.90 Å². The molecule has 0 N–H and O–H groups in total. The van der Waals surface area contributed by atoms with E-state index in [4.69, 9.17) is 4.74 Å². The van der Waals surface area contributed by atoms with Crippen LogP contribution in [-0.4, -0.2) is 12.6 Å². The molecule has 3 rings (SSSR count). The van der Waals surface area contributed by atoms with Crippen molar-refractivity contribution in [2.24, 2.45) is 0 Å². The van der Waals surface area contributed by atoms with E-state index in [-0.39, 0.29) is 6.09 Å². The van der Waals surface area contributed by atoms with E-state index in [1.165, 1.54) is 11.1 Å². The SMILES string of the molecule is Cc1ccc2c(c1)CCCN2C(=O)OCc1ccccc1. The summed E-state index contributed by atoms with van der Waals surface area (Å²) in [6.07, 6.45) is 1.75. The second-order valence-electron chi connectivity index (χ2n) is 5.43. The largest absolute Gasteiger partial charge is 0.444 e. The van der Waals surface area contributed by atoms with Gasteiger partial charge in [0.1, 0.15) is 6.61 Å². The van der Waals surface area contributed by atoms with E-state index in [1.54, 1.807) is 4.90 Å². The Morgan fingerprint density at radius 2 is 2.00 bits per heavy atom. The van der Waals surface area contributed by atoms with Crippen molar-refractivity contribution >= 4 is 11.8 Å². The molecule has 0 aromatic heterocycles. The molecule has 0 bridgehead atoms. The van der Waals surface area contributed by atoms with Gasteiger partial charge in [0.25, 0.3) is 0 Å². The number of carbonyl (C=O) groups excluding carboxylic acids is 1. The van der Waals surface area contributed by atoms with Gasteiger partial charge < -0.3 is 4.74 Å². The Labute approximate surface area is 125 Å². The molecule has 0 saturated carbocycles. The Kier molecular flexibility index (Phi) is 3.91. The van der Waals surface area contributed by atoms with E-state index in [0.717, 1.165) is 30.6 Å². The maximum absolute atomic E-state index is 12.3. The summed E-state index contributed by atoms with van der Waals surface area (Å²) in [5, 5.41) is 0. The molecule has 0 atom stereocenters. The first-order chi connectivity index (χ1) is 10.2. The van der Waals surface area contributed by atoms with E-state index in [2.05, 4.69) is 13.0 Å². The van der Waals surface area contributed by atoms with Gasteiger partial charge in [-0.15, -0.1) is 0 Å². The van der Waals surface area contributed by atoms with Crippen LogP contribution in [0, 0.1) is 6.92 Å². The van der Waals surface area contributed by atoms with Crippen molar-refractivity contribution in [2.75, 3.05) is 11.4 Å². The van der Waals surface area contributed by atoms with E-state index < -0.39 is 0 Å². The number of carbonyl (C=O) groups is 1. The molecule has 3 nitrogen and oxygen atoms in total. The minimum Gasteiger partial charge on any atom is -0.444 e. The van der Waals surface area contributed by atoms with Crippen molar-refractivity contribution in [2.45, 2.75) is 26.4 Å². The van der Waals surface area contributed by atoms with Gasteiger partial charge in [-0.2, -0.15) is 0 Å². The standard InChI is InChI=1S/C18H19NO2/c1-14-9-10-17-16(12-14)8-5-11-19(17)18(20)21-13-15-6-3-2-4-7-15/h2-4,6-7,9-10,12H,5,8,11,13H2,1H3. The van der Waals surface area contributed by atoms with Gasteiger partial charge in [-0.1, -0.05) is 48.0 Å². The lowest BCUT2D eigenvalue weighted by molar-refractivity contribution is 0.146. The van der Waals surface area contributed by atoms with Gasteiger partial charge in [0.2, 0.25) is 0 Å². The Hall–Kier alpha value is -2.29. The number of amides is 1. The number of anilines is 1. The number of rotatable bonds is 2. The fraction of sp³-hybridized carbons (Fsp3) is 0.278. The van der Waals surface area contributed by atoms with E-state index in [9.17, 15) is 4.79 Å². The van der Waals surface area contributed by atoms with Gasteiger partial charge in [0, 0.05) is 6.54 Å². The van der Waals surface area contributed by atoms with Gasteiger partial charge in [-0.05, 0) is 37.0 Å². The summed E-state index contributed by atoms with van der Waals surface area (Å²) < 4.78 is 5.44. The summed E-state index contributed by atoms with van der Waals surface area (Å²) in [6, 6.07) is 16.0. The molecular formula is C18H19NO2. The Balaban J connectivity index is 1.71. The van der Waals surface area contributed by atoms with Crippen LogP contribution in [0.15, 0.2) is 48.5 Å². The third-order valence-corrected chi connectivity index (χ3v) is 3.78. The molecule has 0 spiro atoms. The molecular weight excluding hydrogens is 262 g/mol. The first-order valence-electron chi connectivity index (χ1n) is 7.32. The molecule has 0 saturated heterocycles. The lowest BCUT2D eigenvalue weighted by Gasteiger charge is -2.29. The molecule has 1 heterocycles. The Morgan fingerprint density at radius 1 is 1.19 bits per heavy atom. The topological polar surface area (TPSA) is 29.5 Å². The smallest absolute Gasteiger partial charge is 0.414 e. The van der Waals surface area contributed by atoms with Crippen LogP contribution in [0.4, 0.5) is 10.5 Å². The second kappa shape index (κ2) is 6.00. The van der Waals surface area contributed by atoms with Crippen molar-refractivity contribution in [3.8, 4) is 0 Å². The van der Waals surface area contributed by atoms with Gasteiger partial charge >= 0.3 is 6.09 Å². The van der Waals surface area contributed by atoms with E-state index >= 15 is 0 Å². The number of hydrogen-bond acceptors (Lipinski definition) is 2. The monoisotopic (exact) mass is 281 g/mol. The number of aryl methyl sites for hydroxylation is 2. The number of hydrogen-bond donors (Lipinski definition) is 0. The lowest BCUT2D eigenvalue weighted by atomic mass is 10.00. The maximum Gasteiger partial charge on any atom is 0.414 e. The van der Waals surface area contributed by atoms with Crippen LogP contribution in [0.25, 0.3) is 0 Å². The van der Waals surface area contributed by atoms with E-state index in [0.29, 0.717) is 6.61 Å². The number of fused-ring (bicyclic) bond motifs is 1. The molecule has 1 aliphatic heterocycles. The van der Waals surface area contributed by atoms with Gasteiger partial charge in [0.05, 0.1) is 5.69 Å². The molecule has 1 amide bonds. The molecule has 2 aromatic rings. The molecule has 108 valence electrons. The Morgan fingerprint density at radius 3 is 2.81 bits per heavy atom. The van der Waals surface area contributed by atoms with Crippen molar-refractivity contribution < 1.29 is 9.53 Å². The van der Waals surface area contributed by atoms with Gasteiger partial charge in [-0.25, -0.2) is 4.79 Å². The summed E-state index contributed by atoms with van der Waals surface area (Å²) in [7, 11) is 0. The van der Waals surface area contributed by atoms with E-state index in [1.807, 2.05) is 42.5 Å². The first kappa shape index (κ1) is 13.7. The molecule has 0 radical (unpaired) electrons. The summed E-state index contributed by atoms with van der Waals surface area (Å²) >= 11 is 0. The Bertz CT molecular complexity index is 637. The molecule has 3 heteroatoms. The highest BCUT2D eigenvalue weighted by atomic mass is 16.6. The lowest BCUT2D eigenvalue weighted by Crippen LogP contribution is -2.35. The zero-order valence-electron chi connectivity index (χ0n) is 12.2. The third-order valence-electron chi connectivity index (χ3n) is 3.78. The predicted molar refractivity (Wildman–Crippen MR) is 83.5 cm³/mol. The van der Waals surface area contributed by atoms with Crippen LogP contribution >= 0.6 is 0 Å². The summed E-state index contributed by atoms with van der Waals surface area (Å²) in [5.41, 5.74) is 4.46. The first-order valence-corrected chi connectivity index (χ1v) is 7.32. The fourth-order valence-electron chi connectivity index (χ4n) is 2.71. The van der Waals surface area contributed by atoms with Crippen LogP contribution in [-0.2, 0) is 17.8 Å². The summed E-state index contributed by atoms with van der Waals surface area (Å²) in [4.78, 5) is 14.1. The average molecular weight is 281 g/mol. The quantitative estimate of drug-likeness (QED) is 0.830. The predicted octanol–water partition coefficient (Wildman–Crippen LogP) is 4.08. The molecule has 0 unspecified atom stereocenters. The number of nitrogens with zero attached hydrogens (tertiary/aromatic N) is 1. The molecule has 0 fully saturated rings. The van der Waals surface area contributed by atoms with Crippen molar-refractivity contribution in [1.29, 1.82) is 0 Å². The van der Waals surface area contributed by atoms with Gasteiger partial charge in [-0.3, -0.25) is 4.90 Å². The highest BCUT2D eigenvalue weighted by Gasteiger charge is 2.23. The van der Waals surface area contributed by atoms with Crippen molar-refractivity contribution in [1.82, 2.24) is 0 Å². The summed E-state index contributed by atoms with van der Waals surface area (Å²) in [5.74, 6) is 0.